The van der Waals surface area contributed by atoms with Crippen LogP contribution >= 0.6 is 21.3 Å². The Labute approximate surface area is 80.7 Å². The molecule has 1 aromatic rings. The van der Waals surface area contributed by atoms with Crippen molar-refractivity contribution in [3.05, 3.63) is 6.20 Å². The fourth-order valence-electron chi connectivity index (χ4n) is 0.907. The Morgan fingerprint density at radius 1 is 1.58 bits per heavy atom. The lowest BCUT2D eigenvalue weighted by atomic mass is 10.5. The summed E-state index contributed by atoms with van der Waals surface area (Å²) in [5.41, 5.74) is 0.921. The maximum atomic E-state index is 4.34. The third-order valence-corrected chi connectivity index (χ3v) is 3.35. The van der Waals surface area contributed by atoms with Gasteiger partial charge in [0, 0.05) is 14.1 Å². The minimum Gasteiger partial charge on any atom is -0.357 e. The zero-order chi connectivity index (χ0) is 8.55. The normalized spacial score (nSPS) is 14.0. The van der Waals surface area contributed by atoms with Crippen molar-refractivity contribution in [2.75, 3.05) is 22.5 Å². The monoisotopic (exact) mass is 277 g/mol. The topological polar surface area (TPSA) is 53.4 Å². The van der Waals surface area contributed by atoms with E-state index in [1.54, 1.807) is 6.20 Å². The summed E-state index contributed by atoms with van der Waals surface area (Å²) < 4.78 is 6.43. The van der Waals surface area contributed by atoms with Crippen LogP contribution < -0.4 is 8.43 Å². The number of anilines is 2. The molecule has 0 radical (unpaired) electrons. The Kier molecular flexibility index (Phi) is 1.91. The van der Waals surface area contributed by atoms with Gasteiger partial charge in [0.15, 0.2) is 5.82 Å². The van der Waals surface area contributed by atoms with Gasteiger partial charge in [-0.2, -0.15) is 8.13 Å². The Balaban J connectivity index is 2.48. The van der Waals surface area contributed by atoms with Crippen LogP contribution in [0.5, 0.6) is 0 Å². The van der Waals surface area contributed by atoms with Crippen molar-refractivity contribution in [2.24, 2.45) is 3.15 Å². The average Bonchev–Trinajstić information content (AvgIpc) is 2.47. The van der Waals surface area contributed by atoms with E-state index in [1.807, 2.05) is 14.1 Å². The van der Waals surface area contributed by atoms with Gasteiger partial charge in [-0.15, -0.1) is 0 Å². The molecule has 12 heavy (non-hydrogen) atoms. The van der Waals surface area contributed by atoms with Gasteiger partial charge in [-0.1, -0.05) is 0 Å². The van der Waals surface area contributed by atoms with E-state index in [0.29, 0.717) is 5.95 Å². The van der Waals surface area contributed by atoms with Crippen molar-refractivity contribution in [1.82, 2.24) is 9.97 Å². The van der Waals surface area contributed by atoms with E-state index in [2.05, 4.69) is 21.5 Å². The zero-order valence-corrected chi connectivity index (χ0v) is 8.90. The molecule has 0 saturated carbocycles. The SMILES string of the molecule is CNc1ncc2c(n1)N(C)I=N2. The maximum absolute atomic E-state index is 4.34. The first kappa shape index (κ1) is 7.84. The molecule has 64 valence electrons. The Hall–Kier alpha value is -0.790. The van der Waals surface area contributed by atoms with Crippen LogP contribution in [0.25, 0.3) is 0 Å². The predicted octanol–water partition coefficient (Wildman–Crippen LogP) is 1.67. The molecule has 0 fully saturated rings. The van der Waals surface area contributed by atoms with Crippen LogP contribution in [0.4, 0.5) is 17.5 Å². The molecular formula is C6H8IN5. The summed E-state index contributed by atoms with van der Waals surface area (Å²) in [6, 6.07) is 0. The van der Waals surface area contributed by atoms with Crippen molar-refractivity contribution in [3.8, 4) is 0 Å². The number of hydrogen-bond acceptors (Lipinski definition) is 5. The van der Waals surface area contributed by atoms with E-state index in [1.165, 1.54) is 0 Å². The Morgan fingerprint density at radius 3 is 3.17 bits per heavy atom. The molecule has 1 aliphatic rings. The highest BCUT2D eigenvalue weighted by atomic mass is 127. The van der Waals surface area contributed by atoms with Gasteiger partial charge in [0.1, 0.15) is 27.0 Å². The summed E-state index contributed by atoms with van der Waals surface area (Å²) >= 11 is -0.240. The molecule has 0 aliphatic carbocycles. The first-order valence-electron chi connectivity index (χ1n) is 3.45. The van der Waals surface area contributed by atoms with Gasteiger partial charge in [0.25, 0.3) is 0 Å². The number of rotatable bonds is 1. The molecule has 0 spiro atoms. The second kappa shape index (κ2) is 2.92. The van der Waals surface area contributed by atoms with E-state index in [9.17, 15) is 0 Å². The molecule has 6 heteroatoms. The molecule has 5 nitrogen and oxygen atoms in total. The van der Waals surface area contributed by atoms with Gasteiger partial charge in [-0.05, 0) is 0 Å². The van der Waals surface area contributed by atoms with Crippen molar-refractivity contribution < 1.29 is 0 Å². The van der Waals surface area contributed by atoms with Crippen LogP contribution in [0.2, 0.25) is 0 Å². The van der Waals surface area contributed by atoms with Gasteiger partial charge in [0.2, 0.25) is 5.95 Å². The van der Waals surface area contributed by atoms with E-state index in [4.69, 9.17) is 0 Å². The lowest BCUT2D eigenvalue weighted by molar-refractivity contribution is 1.13. The van der Waals surface area contributed by atoms with Gasteiger partial charge in [-0.25, -0.2) is 4.98 Å². The highest BCUT2D eigenvalue weighted by Gasteiger charge is 2.14. The highest BCUT2D eigenvalue weighted by molar-refractivity contribution is 14.2. The summed E-state index contributed by atoms with van der Waals surface area (Å²) in [6.45, 7) is 0. The van der Waals surface area contributed by atoms with E-state index in [-0.39, 0.29) is 21.3 Å². The van der Waals surface area contributed by atoms with Crippen LogP contribution in [0.15, 0.2) is 9.34 Å². The molecule has 0 unspecified atom stereocenters. The molecule has 0 saturated heterocycles. The van der Waals surface area contributed by atoms with Crippen LogP contribution in [0.3, 0.4) is 0 Å². The zero-order valence-electron chi connectivity index (χ0n) is 6.74. The molecular weight excluding hydrogens is 269 g/mol. The summed E-state index contributed by atoms with van der Waals surface area (Å²) in [5, 5.41) is 2.90. The molecule has 0 bridgehead atoms. The third-order valence-electron chi connectivity index (χ3n) is 1.51. The minimum atomic E-state index is -0.240. The number of hydrogen-bond donors (Lipinski definition) is 1. The molecule has 2 heterocycles. The summed E-state index contributed by atoms with van der Waals surface area (Å²) in [4.78, 5) is 8.37. The van der Waals surface area contributed by atoms with E-state index >= 15 is 0 Å². The highest BCUT2D eigenvalue weighted by Crippen LogP contribution is 2.38. The number of nitrogens with zero attached hydrogens (tertiary/aromatic N) is 4. The maximum Gasteiger partial charge on any atom is 0.224 e. The van der Waals surface area contributed by atoms with Crippen LogP contribution in [0, 0.1) is 0 Å². The van der Waals surface area contributed by atoms with Crippen LogP contribution in [-0.2, 0) is 0 Å². The molecule has 2 rings (SSSR count). The number of aromatic nitrogens is 2. The number of halogens is 1. The van der Waals surface area contributed by atoms with Gasteiger partial charge < -0.3 is 5.32 Å². The van der Waals surface area contributed by atoms with Gasteiger partial charge >= 0.3 is 0 Å². The quantitative estimate of drug-likeness (QED) is 0.626. The molecule has 0 aromatic carbocycles. The number of nitrogens with one attached hydrogen (secondary N) is 1. The van der Waals surface area contributed by atoms with E-state index < -0.39 is 0 Å². The lowest BCUT2D eigenvalue weighted by Gasteiger charge is -2.06. The van der Waals surface area contributed by atoms with Crippen molar-refractivity contribution in [3.63, 3.8) is 0 Å². The molecule has 1 N–H and O–H groups in total. The third kappa shape index (κ3) is 1.15. The summed E-state index contributed by atoms with van der Waals surface area (Å²) in [7, 11) is 3.82. The molecule has 0 atom stereocenters. The van der Waals surface area contributed by atoms with Crippen LogP contribution in [0.1, 0.15) is 0 Å². The first-order chi connectivity index (χ1) is 5.81. The predicted molar refractivity (Wildman–Crippen MR) is 56.1 cm³/mol. The van der Waals surface area contributed by atoms with Crippen LogP contribution in [-0.4, -0.2) is 24.1 Å². The standard InChI is InChI=1S/C6H8IN5/c1-8-6-9-3-4-5(10-6)12(2)7-11-4/h3H,1-2H3,(H,8,9,10). The largest absolute Gasteiger partial charge is 0.357 e. The smallest absolute Gasteiger partial charge is 0.224 e. The minimum absolute atomic E-state index is 0.240. The lowest BCUT2D eigenvalue weighted by Crippen LogP contribution is -2.03. The molecule has 1 aromatic heterocycles. The van der Waals surface area contributed by atoms with Gasteiger partial charge in [-0.3, -0.25) is 3.11 Å². The first-order valence-corrected chi connectivity index (χ1v) is 5.38. The second-order valence-corrected chi connectivity index (χ2v) is 4.65. The van der Waals surface area contributed by atoms with E-state index in [0.717, 1.165) is 11.5 Å². The molecule has 0 amide bonds. The summed E-state index contributed by atoms with van der Waals surface area (Å²) in [5.74, 6) is 1.60. The Bertz CT molecular complexity index is 337. The average molecular weight is 277 g/mol. The molecule has 1 aliphatic heterocycles. The second-order valence-electron chi connectivity index (χ2n) is 2.29. The van der Waals surface area contributed by atoms with Gasteiger partial charge in [0.05, 0.1) is 6.20 Å². The van der Waals surface area contributed by atoms with Crippen molar-refractivity contribution in [2.45, 2.75) is 0 Å². The summed E-state index contributed by atoms with van der Waals surface area (Å²) in [6.07, 6.45) is 1.76. The number of fused-ring (bicyclic) bond motifs is 1. The Morgan fingerprint density at radius 2 is 2.42 bits per heavy atom. The van der Waals surface area contributed by atoms with Crippen molar-refractivity contribution in [1.29, 1.82) is 0 Å². The van der Waals surface area contributed by atoms with Crippen molar-refractivity contribution >= 4 is 38.8 Å². The fraction of sp³-hybridized carbons (Fsp3) is 0.333. The fourth-order valence-corrected chi connectivity index (χ4v) is 2.36.